The fourth-order valence-electron chi connectivity index (χ4n) is 2.72. The first-order valence-corrected chi connectivity index (χ1v) is 7.61. The van der Waals surface area contributed by atoms with E-state index in [1.165, 1.54) is 21.5 Å². The Morgan fingerprint density at radius 1 is 1.45 bits per heavy atom. The Balaban J connectivity index is 1.71. The second-order valence-electron chi connectivity index (χ2n) is 5.24. The molecule has 0 aromatic carbocycles. The van der Waals surface area contributed by atoms with E-state index in [0.717, 1.165) is 0 Å². The molecule has 1 atom stereocenters. The van der Waals surface area contributed by atoms with E-state index < -0.39 is 10.8 Å². The number of hydrogen-bond donors (Lipinski definition) is 2. The second kappa shape index (κ2) is 5.36. The van der Waals surface area contributed by atoms with Crippen LogP contribution in [0.25, 0.3) is 0 Å². The van der Waals surface area contributed by atoms with Crippen LogP contribution in [-0.4, -0.2) is 58.7 Å². The second-order valence-corrected chi connectivity index (χ2v) is 6.69. The lowest BCUT2D eigenvalue weighted by molar-refractivity contribution is -0.152. The number of rotatable bonds is 6. The van der Waals surface area contributed by atoms with Crippen LogP contribution in [0.15, 0.2) is 10.6 Å². The number of nitrogens with zero attached hydrogens (tertiary/aromatic N) is 5. The maximum atomic E-state index is 11.7. The Hall–Kier alpha value is -1.94. The summed E-state index contributed by atoms with van der Waals surface area (Å²) in [5.74, 6) is -0.799. The molecule has 0 unspecified atom stereocenters. The Morgan fingerprint density at radius 3 is 2.77 bits per heavy atom. The van der Waals surface area contributed by atoms with Crippen LogP contribution in [0, 0.1) is 0 Å². The minimum Gasteiger partial charge on any atom is -0.477 e. The van der Waals surface area contributed by atoms with E-state index in [9.17, 15) is 19.8 Å². The molecule has 1 amide bonds. The van der Waals surface area contributed by atoms with Gasteiger partial charge in [0, 0.05) is 11.3 Å². The van der Waals surface area contributed by atoms with E-state index in [2.05, 4.69) is 15.4 Å². The predicted octanol–water partition coefficient (Wildman–Crippen LogP) is -0.503. The first-order valence-electron chi connectivity index (χ1n) is 6.79. The fraction of sp³-hybridized carbons (Fsp3) is 0.583. The molecule has 0 saturated carbocycles. The van der Waals surface area contributed by atoms with Crippen LogP contribution >= 0.6 is 11.8 Å². The molecule has 9 nitrogen and oxygen atoms in total. The topological polar surface area (TPSA) is 121 Å². The highest BCUT2D eigenvalue weighted by molar-refractivity contribution is 8.04. The number of β-lactam (4-membered cyclic amide) rings is 1. The number of hydrogen-bond acceptors (Lipinski definition) is 7. The van der Waals surface area contributed by atoms with Gasteiger partial charge in [0.05, 0.1) is 20.1 Å². The van der Waals surface area contributed by atoms with E-state index in [4.69, 9.17) is 0 Å². The van der Waals surface area contributed by atoms with Crippen molar-refractivity contribution in [3.63, 3.8) is 0 Å². The van der Waals surface area contributed by atoms with Crippen LogP contribution in [0.2, 0.25) is 0 Å². The van der Waals surface area contributed by atoms with Gasteiger partial charge in [-0.05, 0) is 18.1 Å². The molecule has 2 N–H and O–H groups in total. The van der Waals surface area contributed by atoms with Crippen molar-refractivity contribution >= 4 is 23.6 Å². The fourth-order valence-corrected chi connectivity index (χ4v) is 4.24. The van der Waals surface area contributed by atoms with Gasteiger partial charge in [0.25, 0.3) is 0 Å². The molecule has 3 rings (SSSR count). The summed E-state index contributed by atoms with van der Waals surface area (Å²) in [4.78, 5) is 25.6. The standard InChI is InChI=1S/C12H15N5O4S/c1-16-14-8(13-15-16)4-2-3-7-10(11(20)21)17-9(19)5-12(17,6-18)22-7/h18H,2-6H2,1H3,(H,20,21)/t12-/m1/s1. The molecule has 1 aromatic rings. The van der Waals surface area contributed by atoms with Gasteiger partial charge in [-0.1, -0.05) is 11.8 Å². The molecule has 1 saturated heterocycles. The minimum atomic E-state index is -1.14. The number of aromatic nitrogens is 4. The maximum Gasteiger partial charge on any atom is 0.353 e. The van der Waals surface area contributed by atoms with Crippen molar-refractivity contribution in [1.82, 2.24) is 25.1 Å². The van der Waals surface area contributed by atoms with Crippen molar-refractivity contribution in [3.05, 3.63) is 16.4 Å². The van der Waals surface area contributed by atoms with Gasteiger partial charge in [0.2, 0.25) is 5.91 Å². The number of tetrazole rings is 1. The molecular weight excluding hydrogens is 310 g/mol. The van der Waals surface area contributed by atoms with Gasteiger partial charge in [-0.15, -0.1) is 10.2 Å². The smallest absolute Gasteiger partial charge is 0.353 e. The minimum absolute atomic E-state index is 0.00223. The highest BCUT2D eigenvalue weighted by Gasteiger charge is 2.59. The van der Waals surface area contributed by atoms with Gasteiger partial charge >= 0.3 is 5.97 Å². The number of amides is 1. The summed E-state index contributed by atoms with van der Waals surface area (Å²) >= 11 is 1.28. The number of fused-ring (bicyclic) bond motifs is 1. The van der Waals surface area contributed by atoms with E-state index in [1.807, 2.05) is 0 Å². The van der Waals surface area contributed by atoms with Gasteiger partial charge in [-0.2, -0.15) is 4.80 Å². The molecule has 0 radical (unpaired) electrons. The molecule has 0 aliphatic carbocycles. The van der Waals surface area contributed by atoms with Gasteiger partial charge in [-0.3, -0.25) is 9.69 Å². The molecule has 118 valence electrons. The number of carbonyl (C=O) groups excluding carboxylic acids is 1. The van der Waals surface area contributed by atoms with E-state index in [-0.39, 0.29) is 24.6 Å². The number of aliphatic hydroxyl groups excluding tert-OH is 1. The van der Waals surface area contributed by atoms with Crippen LogP contribution in [0.5, 0.6) is 0 Å². The quantitative estimate of drug-likeness (QED) is 0.671. The number of aliphatic hydroxyl groups is 1. The van der Waals surface area contributed by atoms with Crippen molar-refractivity contribution in [2.24, 2.45) is 7.05 Å². The summed E-state index contributed by atoms with van der Waals surface area (Å²) in [6.07, 6.45) is 1.88. The monoisotopic (exact) mass is 325 g/mol. The summed E-state index contributed by atoms with van der Waals surface area (Å²) in [6, 6.07) is 0. The zero-order chi connectivity index (χ0) is 15.9. The molecule has 0 bridgehead atoms. The van der Waals surface area contributed by atoms with E-state index in [0.29, 0.717) is 30.0 Å². The number of thioether (sulfide) groups is 1. The maximum absolute atomic E-state index is 11.7. The Labute approximate surface area is 130 Å². The first-order chi connectivity index (χ1) is 10.5. The van der Waals surface area contributed by atoms with E-state index >= 15 is 0 Å². The van der Waals surface area contributed by atoms with Gasteiger partial charge < -0.3 is 10.2 Å². The number of aryl methyl sites for hydroxylation is 2. The van der Waals surface area contributed by atoms with Crippen LogP contribution in [-0.2, 0) is 23.1 Å². The Morgan fingerprint density at radius 2 is 2.23 bits per heavy atom. The van der Waals surface area contributed by atoms with Crippen molar-refractivity contribution < 1.29 is 19.8 Å². The SMILES string of the molecule is Cn1nnc(CCCC2=C(C(=O)O)N3C(=O)C[C@]3(CO)S2)n1. The number of carbonyl (C=O) groups is 2. The van der Waals surface area contributed by atoms with Crippen molar-refractivity contribution in [2.75, 3.05) is 6.61 Å². The molecule has 0 spiro atoms. The highest BCUT2D eigenvalue weighted by Crippen LogP contribution is 2.55. The summed E-state index contributed by atoms with van der Waals surface area (Å²) in [6.45, 7) is -0.255. The molecular formula is C12H15N5O4S. The summed E-state index contributed by atoms with van der Waals surface area (Å²) in [5, 5.41) is 30.6. The van der Waals surface area contributed by atoms with Crippen molar-refractivity contribution in [1.29, 1.82) is 0 Å². The van der Waals surface area contributed by atoms with Crippen LogP contribution in [0.3, 0.4) is 0 Å². The van der Waals surface area contributed by atoms with Crippen molar-refractivity contribution in [3.8, 4) is 0 Å². The lowest BCUT2D eigenvalue weighted by Crippen LogP contribution is -2.61. The average Bonchev–Trinajstić information content (AvgIpc) is 2.98. The molecule has 22 heavy (non-hydrogen) atoms. The molecule has 2 aliphatic rings. The number of allylic oxidation sites excluding steroid dienone is 1. The third-order valence-corrected chi connectivity index (χ3v) is 5.17. The van der Waals surface area contributed by atoms with E-state index in [1.54, 1.807) is 7.05 Å². The molecule has 1 fully saturated rings. The molecule has 10 heteroatoms. The lowest BCUT2D eigenvalue weighted by Gasteiger charge is -2.45. The third-order valence-electron chi connectivity index (χ3n) is 3.69. The average molecular weight is 325 g/mol. The Kier molecular flexibility index (Phi) is 3.65. The summed E-state index contributed by atoms with van der Waals surface area (Å²) < 4.78 is 0. The van der Waals surface area contributed by atoms with Crippen LogP contribution in [0.4, 0.5) is 0 Å². The van der Waals surface area contributed by atoms with Gasteiger partial charge in [-0.25, -0.2) is 4.79 Å². The predicted molar refractivity (Wildman–Crippen MR) is 75.3 cm³/mol. The zero-order valence-electron chi connectivity index (χ0n) is 11.9. The lowest BCUT2D eigenvalue weighted by atomic mass is 10.0. The van der Waals surface area contributed by atoms with Crippen molar-refractivity contribution in [2.45, 2.75) is 30.6 Å². The van der Waals surface area contributed by atoms with Gasteiger partial charge in [0.15, 0.2) is 5.82 Å². The normalized spacial score (nSPS) is 23.7. The molecule has 1 aromatic heterocycles. The number of carboxylic acids is 1. The summed E-state index contributed by atoms with van der Waals surface area (Å²) in [7, 11) is 1.68. The third kappa shape index (κ3) is 2.28. The number of aliphatic carboxylic acids is 1. The van der Waals surface area contributed by atoms with Gasteiger partial charge in [0.1, 0.15) is 10.6 Å². The zero-order valence-corrected chi connectivity index (χ0v) is 12.7. The van der Waals surface area contributed by atoms with Crippen LogP contribution < -0.4 is 0 Å². The Bertz CT molecular complexity index is 672. The molecule has 3 heterocycles. The summed E-state index contributed by atoms with van der Waals surface area (Å²) in [5.41, 5.74) is 0.00223. The largest absolute Gasteiger partial charge is 0.477 e. The van der Waals surface area contributed by atoms with Crippen LogP contribution in [0.1, 0.15) is 25.1 Å². The highest BCUT2D eigenvalue weighted by atomic mass is 32.2. The number of carboxylic acid groups (broad SMARTS) is 1. The molecule has 2 aliphatic heterocycles. The first kappa shape index (κ1) is 15.0.